The fourth-order valence-corrected chi connectivity index (χ4v) is 6.73. The maximum absolute atomic E-state index is 13.9. The predicted octanol–water partition coefficient (Wildman–Crippen LogP) is 5.95. The Balaban J connectivity index is 1.19. The SMILES string of the molecule is C#Cc1cc(N2C(=O)NC3(CCN(Cc4ccc(N5CCCC5)cc4)CC3)C2=O)c(Cl)cc1-c1cc(C#N)ccc1OCC. The van der Waals surface area contributed by atoms with Gasteiger partial charge in [-0.1, -0.05) is 29.7 Å². The van der Waals surface area contributed by atoms with Crippen molar-refractivity contribution in [2.24, 2.45) is 0 Å². The molecule has 3 aliphatic heterocycles. The first-order chi connectivity index (χ1) is 21.4. The number of imide groups is 1. The highest BCUT2D eigenvalue weighted by Crippen LogP contribution is 2.41. The monoisotopic (exact) mass is 607 g/mol. The standard InChI is InChI=1S/C35H34ClN5O3/c1-3-26-20-31(30(36)21-28(26)29-19-25(22-37)9-12-32(29)44-4-2)41-33(42)35(38-34(41)43)13-17-39(18-14-35)23-24-7-10-27(11-8-24)40-15-5-6-16-40/h1,7-12,19-21H,4-6,13-18,23H2,2H3,(H,38,43). The number of likely N-dealkylation sites (tertiary alicyclic amines) is 1. The van der Waals surface area contributed by atoms with Crippen LogP contribution in [0.2, 0.25) is 5.02 Å². The Labute approximate surface area is 263 Å². The summed E-state index contributed by atoms with van der Waals surface area (Å²) in [5.74, 6) is 2.89. The summed E-state index contributed by atoms with van der Waals surface area (Å²) in [6.45, 7) is 6.66. The number of anilines is 2. The number of benzene rings is 3. The Morgan fingerprint density at radius 2 is 1.73 bits per heavy atom. The van der Waals surface area contributed by atoms with Crippen molar-refractivity contribution in [2.75, 3.05) is 42.6 Å². The number of urea groups is 1. The van der Waals surface area contributed by atoms with Gasteiger partial charge in [0.2, 0.25) is 0 Å². The number of hydrogen-bond acceptors (Lipinski definition) is 6. The van der Waals surface area contributed by atoms with Crippen LogP contribution in [0.25, 0.3) is 11.1 Å². The van der Waals surface area contributed by atoms with Crippen LogP contribution >= 0.6 is 11.6 Å². The molecule has 9 heteroatoms. The average Bonchev–Trinajstić information content (AvgIpc) is 3.66. The highest BCUT2D eigenvalue weighted by molar-refractivity contribution is 6.36. The van der Waals surface area contributed by atoms with Crippen molar-refractivity contribution in [3.05, 3.63) is 76.3 Å². The van der Waals surface area contributed by atoms with Crippen molar-refractivity contribution < 1.29 is 14.3 Å². The number of terminal acetylenes is 1. The summed E-state index contributed by atoms with van der Waals surface area (Å²) >= 11 is 6.76. The molecule has 44 heavy (non-hydrogen) atoms. The summed E-state index contributed by atoms with van der Waals surface area (Å²) in [4.78, 5) is 33.1. The number of halogens is 1. The normalized spacial score (nSPS) is 17.9. The van der Waals surface area contributed by atoms with E-state index in [2.05, 4.69) is 51.4 Å². The van der Waals surface area contributed by atoms with Gasteiger partial charge < -0.3 is 15.0 Å². The highest BCUT2D eigenvalue weighted by atomic mass is 35.5. The lowest BCUT2D eigenvalue weighted by molar-refractivity contribution is -0.123. The van der Waals surface area contributed by atoms with E-state index in [4.69, 9.17) is 22.8 Å². The van der Waals surface area contributed by atoms with Gasteiger partial charge in [0.25, 0.3) is 5.91 Å². The molecule has 0 atom stereocenters. The van der Waals surface area contributed by atoms with Crippen molar-refractivity contribution in [3.63, 3.8) is 0 Å². The summed E-state index contributed by atoms with van der Waals surface area (Å²) < 4.78 is 5.79. The quantitative estimate of drug-likeness (QED) is 0.264. The number of carbonyl (C=O) groups is 2. The second-order valence-electron chi connectivity index (χ2n) is 11.5. The van der Waals surface area contributed by atoms with Crippen molar-refractivity contribution in [3.8, 4) is 35.3 Å². The van der Waals surface area contributed by atoms with E-state index < -0.39 is 11.6 Å². The first-order valence-corrected chi connectivity index (χ1v) is 15.4. The lowest BCUT2D eigenvalue weighted by Crippen LogP contribution is -2.54. The molecular formula is C35H34ClN5O3. The fourth-order valence-electron chi connectivity index (χ4n) is 6.48. The molecule has 3 aromatic rings. The molecule has 224 valence electrons. The maximum atomic E-state index is 13.9. The van der Waals surface area contributed by atoms with Gasteiger partial charge in [0.1, 0.15) is 11.3 Å². The van der Waals surface area contributed by atoms with Gasteiger partial charge in [-0.3, -0.25) is 9.69 Å². The lowest BCUT2D eigenvalue weighted by Gasteiger charge is -2.37. The molecule has 3 amide bonds. The predicted molar refractivity (Wildman–Crippen MR) is 172 cm³/mol. The van der Waals surface area contributed by atoms with Crippen LogP contribution in [0.1, 0.15) is 49.3 Å². The molecule has 0 saturated carbocycles. The number of piperidine rings is 1. The molecule has 3 aromatic carbocycles. The Morgan fingerprint density at radius 1 is 1.00 bits per heavy atom. The molecule has 3 fully saturated rings. The zero-order valence-electron chi connectivity index (χ0n) is 24.7. The largest absolute Gasteiger partial charge is 0.493 e. The Hall–Kier alpha value is -4.50. The fraction of sp³-hybridized carbons (Fsp3) is 0.343. The summed E-state index contributed by atoms with van der Waals surface area (Å²) in [5, 5.41) is 12.6. The summed E-state index contributed by atoms with van der Waals surface area (Å²) in [5.41, 5.74) is 3.79. The van der Waals surface area contributed by atoms with Gasteiger partial charge in [-0.15, -0.1) is 6.42 Å². The minimum absolute atomic E-state index is 0.194. The second-order valence-corrected chi connectivity index (χ2v) is 11.9. The van der Waals surface area contributed by atoms with Gasteiger partial charge in [0.15, 0.2) is 0 Å². The minimum atomic E-state index is -0.991. The van der Waals surface area contributed by atoms with Crippen LogP contribution in [0.3, 0.4) is 0 Å². The molecule has 0 bridgehead atoms. The van der Waals surface area contributed by atoms with E-state index in [-0.39, 0.29) is 16.6 Å². The molecule has 8 nitrogen and oxygen atoms in total. The van der Waals surface area contributed by atoms with Crippen molar-refractivity contribution in [2.45, 2.75) is 44.7 Å². The highest BCUT2D eigenvalue weighted by Gasteiger charge is 2.53. The average molecular weight is 608 g/mol. The van der Waals surface area contributed by atoms with Gasteiger partial charge in [-0.2, -0.15) is 5.26 Å². The van der Waals surface area contributed by atoms with Crippen LogP contribution < -0.4 is 19.9 Å². The number of amides is 3. The number of carbonyl (C=O) groups excluding carboxylic acids is 2. The molecule has 0 radical (unpaired) electrons. The second kappa shape index (κ2) is 12.2. The number of nitriles is 1. The van der Waals surface area contributed by atoms with Gasteiger partial charge in [-0.25, -0.2) is 9.69 Å². The zero-order valence-corrected chi connectivity index (χ0v) is 25.5. The van der Waals surface area contributed by atoms with Gasteiger partial charge >= 0.3 is 6.03 Å². The van der Waals surface area contributed by atoms with Crippen LogP contribution in [-0.4, -0.2) is 55.2 Å². The molecule has 1 spiro atoms. The molecule has 0 aromatic heterocycles. The van der Waals surface area contributed by atoms with Crippen LogP contribution in [0.15, 0.2) is 54.6 Å². The van der Waals surface area contributed by atoms with E-state index in [1.54, 1.807) is 30.3 Å². The van der Waals surface area contributed by atoms with Gasteiger partial charge in [0.05, 0.1) is 28.9 Å². The first-order valence-electron chi connectivity index (χ1n) is 15.1. The molecule has 3 aliphatic rings. The van der Waals surface area contributed by atoms with E-state index in [0.717, 1.165) is 24.5 Å². The number of hydrogen-bond donors (Lipinski definition) is 1. The molecule has 3 heterocycles. The maximum Gasteiger partial charge on any atom is 0.329 e. The van der Waals surface area contributed by atoms with Crippen LogP contribution in [-0.2, 0) is 11.3 Å². The van der Waals surface area contributed by atoms with Crippen LogP contribution in [0.4, 0.5) is 16.2 Å². The molecule has 1 N–H and O–H groups in total. The number of ether oxygens (including phenoxy) is 1. The van der Waals surface area contributed by atoms with Crippen LogP contribution in [0.5, 0.6) is 5.75 Å². The Bertz CT molecular complexity index is 1680. The smallest absolute Gasteiger partial charge is 0.329 e. The molecule has 6 rings (SSSR count). The van der Waals surface area contributed by atoms with Crippen LogP contribution in [0, 0.1) is 23.7 Å². The third-order valence-corrected chi connectivity index (χ3v) is 9.17. The van der Waals surface area contributed by atoms with Crippen molar-refractivity contribution >= 4 is 34.9 Å². The topological polar surface area (TPSA) is 88.9 Å². The summed E-state index contributed by atoms with van der Waals surface area (Å²) in [6, 6.07) is 18.7. The van der Waals surface area contributed by atoms with Gasteiger partial charge in [-0.05, 0) is 80.6 Å². The van der Waals surface area contributed by atoms with E-state index in [1.165, 1.54) is 24.1 Å². The number of nitrogens with one attached hydrogen (secondary N) is 1. The van der Waals surface area contributed by atoms with Crippen molar-refractivity contribution in [1.82, 2.24) is 10.2 Å². The molecule has 0 aliphatic carbocycles. The summed E-state index contributed by atoms with van der Waals surface area (Å²) in [7, 11) is 0. The Morgan fingerprint density at radius 3 is 2.39 bits per heavy atom. The molecule has 3 saturated heterocycles. The van der Waals surface area contributed by atoms with Gasteiger partial charge in [0, 0.05) is 55.1 Å². The van der Waals surface area contributed by atoms with Crippen molar-refractivity contribution in [1.29, 1.82) is 5.26 Å². The van der Waals surface area contributed by atoms with E-state index >= 15 is 0 Å². The third-order valence-electron chi connectivity index (χ3n) is 8.87. The lowest BCUT2D eigenvalue weighted by atomic mass is 9.87. The number of rotatable bonds is 7. The molecule has 0 unspecified atom stereocenters. The van der Waals surface area contributed by atoms with E-state index in [1.807, 2.05) is 6.92 Å². The summed E-state index contributed by atoms with van der Waals surface area (Å²) in [6.07, 6.45) is 9.41. The van der Waals surface area contributed by atoms with E-state index in [0.29, 0.717) is 60.5 Å². The third kappa shape index (κ3) is 5.48. The molecular weight excluding hydrogens is 574 g/mol. The number of nitrogens with zero attached hydrogens (tertiary/aromatic N) is 4. The minimum Gasteiger partial charge on any atom is -0.493 e. The Kier molecular flexibility index (Phi) is 8.23. The first kappa shape index (κ1) is 29.6. The van der Waals surface area contributed by atoms with E-state index in [9.17, 15) is 14.9 Å². The zero-order chi connectivity index (χ0) is 30.8.